The van der Waals surface area contributed by atoms with Gasteiger partial charge in [0.1, 0.15) is 0 Å². The van der Waals surface area contributed by atoms with Crippen LogP contribution < -0.4 is 5.32 Å². The minimum Gasteiger partial charge on any atom is -0.466 e. The number of carbonyl (C=O) groups excluding carboxylic acids is 2. The minimum absolute atomic E-state index is 0.00626. The van der Waals surface area contributed by atoms with Crippen LogP contribution in [0.1, 0.15) is 361 Å². The van der Waals surface area contributed by atoms with Gasteiger partial charge in [-0.1, -0.05) is 306 Å². The van der Waals surface area contributed by atoms with Gasteiger partial charge in [-0.2, -0.15) is 0 Å². The Bertz CT molecular complexity index is 1270. The Balaban J connectivity index is 3.35. The third-order valence-corrected chi connectivity index (χ3v) is 15.6. The first-order chi connectivity index (χ1) is 37.5. The van der Waals surface area contributed by atoms with Crippen LogP contribution in [0.3, 0.4) is 0 Å². The van der Waals surface area contributed by atoms with Crippen LogP contribution in [0.4, 0.5) is 0 Å². The van der Waals surface area contributed by atoms with Crippen molar-refractivity contribution in [3.8, 4) is 0 Å². The van der Waals surface area contributed by atoms with Crippen LogP contribution in [0.5, 0.6) is 0 Å². The van der Waals surface area contributed by atoms with E-state index in [0.717, 1.165) is 57.8 Å². The molecule has 6 nitrogen and oxygen atoms in total. The number of rotatable bonds is 63. The molecular weight excluding hydrogens is 935 g/mol. The van der Waals surface area contributed by atoms with Crippen molar-refractivity contribution < 1.29 is 24.5 Å². The van der Waals surface area contributed by atoms with Crippen molar-refractivity contribution in [2.24, 2.45) is 0 Å². The van der Waals surface area contributed by atoms with Crippen molar-refractivity contribution in [2.45, 2.75) is 373 Å². The maximum atomic E-state index is 12.4. The van der Waals surface area contributed by atoms with E-state index in [1.54, 1.807) is 0 Å². The van der Waals surface area contributed by atoms with Gasteiger partial charge >= 0.3 is 5.97 Å². The van der Waals surface area contributed by atoms with Gasteiger partial charge in [-0.05, 0) is 89.9 Å². The summed E-state index contributed by atoms with van der Waals surface area (Å²) in [4.78, 5) is 24.5. The second-order valence-electron chi connectivity index (χ2n) is 23.1. The number of hydrogen-bond donors (Lipinski definition) is 3. The molecule has 1 amide bonds. The fourth-order valence-corrected chi connectivity index (χ4v) is 10.4. The highest BCUT2D eigenvalue weighted by molar-refractivity contribution is 5.76. The number of aliphatic hydroxyl groups is 2. The van der Waals surface area contributed by atoms with E-state index in [1.165, 1.54) is 270 Å². The third-order valence-electron chi connectivity index (χ3n) is 15.6. The Morgan fingerprint density at radius 3 is 1.03 bits per heavy atom. The van der Waals surface area contributed by atoms with Crippen LogP contribution in [0, 0.1) is 0 Å². The number of ether oxygens (including phenoxy) is 1. The molecule has 0 aliphatic heterocycles. The number of hydrogen-bond acceptors (Lipinski definition) is 5. The normalized spacial score (nSPS) is 12.8. The molecule has 2 atom stereocenters. The van der Waals surface area contributed by atoms with Gasteiger partial charge in [-0.15, -0.1) is 0 Å². The molecule has 0 heterocycles. The number of aliphatic hydroxyl groups excluding tert-OH is 2. The van der Waals surface area contributed by atoms with Crippen molar-refractivity contribution in [3.63, 3.8) is 0 Å². The average molecular weight is 1070 g/mol. The van der Waals surface area contributed by atoms with Crippen LogP contribution >= 0.6 is 0 Å². The van der Waals surface area contributed by atoms with Gasteiger partial charge in [0.2, 0.25) is 5.91 Å². The highest BCUT2D eigenvalue weighted by Crippen LogP contribution is 2.18. The molecule has 0 aromatic rings. The molecule has 6 heteroatoms. The average Bonchev–Trinajstić information content (AvgIpc) is 3.42. The van der Waals surface area contributed by atoms with E-state index >= 15 is 0 Å². The SMILES string of the molecule is CCCCC/C=C\C/C=C\CCCCCCCCCC(=O)OCCCCCCCCCCC/C=C\C/C=C\CCCCCCCCCCCCCCCCCCCC(=O)NC(CO)C(O)CCCCCCCCCCC. The van der Waals surface area contributed by atoms with E-state index in [2.05, 4.69) is 67.8 Å². The lowest BCUT2D eigenvalue weighted by Gasteiger charge is -2.22. The quantitative estimate of drug-likeness (QED) is 0.0320. The van der Waals surface area contributed by atoms with Gasteiger partial charge in [0.25, 0.3) is 0 Å². The summed E-state index contributed by atoms with van der Waals surface area (Å²) in [6.07, 6.45) is 84.5. The van der Waals surface area contributed by atoms with Gasteiger partial charge in [-0.3, -0.25) is 9.59 Å². The molecule has 0 saturated heterocycles. The summed E-state index contributed by atoms with van der Waals surface area (Å²) in [7, 11) is 0. The molecule has 0 aromatic heterocycles. The molecule has 0 rings (SSSR count). The van der Waals surface area contributed by atoms with Crippen molar-refractivity contribution in [1.82, 2.24) is 5.32 Å². The topological polar surface area (TPSA) is 95.9 Å². The number of carbonyl (C=O) groups is 2. The summed E-state index contributed by atoms with van der Waals surface area (Å²) in [5.41, 5.74) is 0. The maximum absolute atomic E-state index is 12.4. The summed E-state index contributed by atoms with van der Waals surface area (Å²) in [6, 6.07) is -0.538. The number of allylic oxidation sites excluding steroid dienone is 8. The van der Waals surface area contributed by atoms with E-state index in [-0.39, 0.29) is 18.5 Å². The van der Waals surface area contributed by atoms with E-state index in [9.17, 15) is 19.8 Å². The molecular formula is C70H131NO5. The van der Waals surface area contributed by atoms with Gasteiger partial charge in [0.15, 0.2) is 0 Å². The smallest absolute Gasteiger partial charge is 0.305 e. The Morgan fingerprint density at radius 2 is 0.658 bits per heavy atom. The largest absolute Gasteiger partial charge is 0.466 e. The molecule has 76 heavy (non-hydrogen) atoms. The second kappa shape index (κ2) is 65.3. The number of nitrogens with one attached hydrogen (secondary N) is 1. The summed E-state index contributed by atoms with van der Waals surface area (Å²) in [6.45, 7) is 4.92. The van der Waals surface area contributed by atoms with Crippen LogP contribution in [0.15, 0.2) is 48.6 Å². The highest BCUT2D eigenvalue weighted by Gasteiger charge is 2.20. The van der Waals surface area contributed by atoms with Crippen LogP contribution in [0.2, 0.25) is 0 Å². The van der Waals surface area contributed by atoms with Gasteiger partial charge in [-0.25, -0.2) is 0 Å². The van der Waals surface area contributed by atoms with Gasteiger partial charge < -0.3 is 20.3 Å². The molecule has 0 spiro atoms. The third kappa shape index (κ3) is 61.0. The van der Waals surface area contributed by atoms with Gasteiger partial charge in [0.05, 0.1) is 25.4 Å². The molecule has 0 aliphatic carbocycles. The molecule has 0 aromatic carbocycles. The van der Waals surface area contributed by atoms with E-state index in [0.29, 0.717) is 25.9 Å². The Hall–Kier alpha value is -2.18. The molecule has 0 fully saturated rings. The number of esters is 1. The predicted octanol–water partition coefficient (Wildman–Crippen LogP) is 21.7. The van der Waals surface area contributed by atoms with E-state index in [4.69, 9.17) is 4.74 Å². The first-order valence-corrected chi connectivity index (χ1v) is 33.9. The summed E-state index contributed by atoms with van der Waals surface area (Å²) in [5.74, 6) is -0.0285. The first-order valence-electron chi connectivity index (χ1n) is 33.9. The lowest BCUT2D eigenvalue weighted by molar-refractivity contribution is -0.143. The first kappa shape index (κ1) is 73.8. The standard InChI is InChI=1S/C70H131NO5/c1-3-5-7-9-11-13-14-15-16-34-38-41-44-48-52-56-60-64-70(75)76-65-61-57-53-49-45-42-39-36-33-31-29-27-25-23-21-19-17-18-20-22-24-26-28-30-32-35-37-40-43-47-51-55-59-63-69(74)71-67(66-72)68(73)62-58-54-50-46-12-10-8-6-4-2/h11,13,15-16,21,23,27,29,67-68,72-73H,3-10,12,14,17-20,22,24-26,28,30-66H2,1-2H3,(H,71,74)/b13-11-,16-15-,23-21-,29-27-. The summed E-state index contributed by atoms with van der Waals surface area (Å²) < 4.78 is 5.49. The van der Waals surface area contributed by atoms with E-state index < -0.39 is 12.1 Å². The minimum atomic E-state index is -0.661. The molecule has 3 N–H and O–H groups in total. The predicted molar refractivity (Wildman–Crippen MR) is 333 cm³/mol. The van der Waals surface area contributed by atoms with Crippen molar-refractivity contribution in [3.05, 3.63) is 48.6 Å². The van der Waals surface area contributed by atoms with Crippen LogP contribution in [0.25, 0.3) is 0 Å². The lowest BCUT2D eigenvalue weighted by Crippen LogP contribution is -2.45. The molecule has 446 valence electrons. The Morgan fingerprint density at radius 1 is 0.368 bits per heavy atom. The Kier molecular flexibility index (Phi) is 63.5. The number of amides is 1. The highest BCUT2D eigenvalue weighted by atomic mass is 16.5. The van der Waals surface area contributed by atoms with Gasteiger partial charge in [0, 0.05) is 12.8 Å². The zero-order valence-electron chi connectivity index (χ0n) is 51.0. The lowest BCUT2D eigenvalue weighted by atomic mass is 10.0. The molecule has 2 unspecified atom stereocenters. The molecule has 0 radical (unpaired) electrons. The number of unbranched alkanes of at least 4 members (excludes halogenated alkanes) is 44. The zero-order chi connectivity index (χ0) is 55.0. The fraction of sp³-hybridized carbons (Fsp3) is 0.857. The Labute approximate surface area is 474 Å². The van der Waals surface area contributed by atoms with Crippen molar-refractivity contribution in [2.75, 3.05) is 13.2 Å². The van der Waals surface area contributed by atoms with E-state index in [1.807, 2.05) is 0 Å². The van der Waals surface area contributed by atoms with Crippen LogP contribution in [-0.4, -0.2) is 47.4 Å². The molecule has 0 bridgehead atoms. The van der Waals surface area contributed by atoms with Crippen LogP contribution in [-0.2, 0) is 14.3 Å². The molecule has 0 aliphatic rings. The summed E-state index contributed by atoms with van der Waals surface area (Å²) >= 11 is 0. The van der Waals surface area contributed by atoms with Crippen molar-refractivity contribution >= 4 is 11.9 Å². The molecule has 0 saturated carbocycles. The van der Waals surface area contributed by atoms with Crippen molar-refractivity contribution in [1.29, 1.82) is 0 Å². The fourth-order valence-electron chi connectivity index (χ4n) is 10.4. The maximum Gasteiger partial charge on any atom is 0.305 e. The monoisotopic (exact) mass is 1070 g/mol. The second-order valence-corrected chi connectivity index (χ2v) is 23.1. The summed E-state index contributed by atoms with van der Waals surface area (Å²) in [5, 5.41) is 23.1. The zero-order valence-corrected chi connectivity index (χ0v) is 51.0.